The fourth-order valence-electron chi connectivity index (χ4n) is 1.29. The molecule has 0 aliphatic carbocycles. The number of carbonyl (C=O) groups excluding carboxylic acids is 1. The number of hydrogen-bond acceptors (Lipinski definition) is 4. The molecular formula is C12H17NO3. The molecule has 1 aromatic carbocycles. The highest BCUT2D eigenvalue weighted by Gasteiger charge is 2.18. The molecule has 0 bridgehead atoms. The number of ether oxygens (including phenoxy) is 1. The summed E-state index contributed by atoms with van der Waals surface area (Å²) in [5.41, 5.74) is 5.75. The van der Waals surface area contributed by atoms with Gasteiger partial charge in [-0.1, -0.05) is 12.1 Å². The van der Waals surface area contributed by atoms with E-state index in [2.05, 4.69) is 0 Å². The van der Waals surface area contributed by atoms with Gasteiger partial charge in [0.1, 0.15) is 11.4 Å². The standard InChI is InChI=1S/C12H17NO3/c1-12(2,3)16-10(14)7-8-5-4-6-9(13)11(8)15/h4-6,15H,7,13H2,1-3H3. The van der Waals surface area contributed by atoms with Gasteiger partial charge in [-0.2, -0.15) is 0 Å². The molecule has 16 heavy (non-hydrogen) atoms. The Balaban J connectivity index is 2.74. The number of nitrogens with two attached hydrogens (primary N) is 1. The van der Waals surface area contributed by atoms with Crippen molar-refractivity contribution in [3.8, 4) is 5.75 Å². The van der Waals surface area contributed by atoms with Crippen molar-refractivity contribution in [3.05, 3.63) is 23.8 Å². The molecule has 0 amide bonds. The normalized spacial score (nSPS) is 11.2. The Morgan fingerprint density at radius 3 is 2.62 bits per heavy atom. The second kappa shape index (κ2) is 4.43. The molecule has 4 nitrogen and oxygen atoms in total. The van der Waals surface area contributed by atoms with Crippen LogP contribution >= 0.6 is 0 Å². The van der Waals surface area contributed by atoms with E-state index in [1.807, 2.05) is 0 Å². The molecule has 3 N–H and O–H groups in total. The van der Waals surface area contributed by atoms with Crippen molar-refractivity contribution < 1.29 is 14.6 Å². The number of aromatic hydroxyl groups is 1. The van der Waals surface area contributed by atoms with E-state index in [0.717, 1.165) is 0 Å². The molecule has 88 valence electrons. The molecule has 0 heterocycles. The van der Waals surface area contributed by atoms with Crippen LogP contribution in [0.4, 0.5) is 5.69 Å². The van der Waals surface area contributed by atoms with Gasteiger partial charge in [0, 0.05) is 5.56 Å². The highest BCUT2D eigenvalue weighted by molar-refractivity contribution is 5.75. The zero-order chi connectivity index (χ0) is 12.3. The Kier molecular flexibility index (Phi) is 3.42. The third kappa shape index (κ3) is 3.46. The quantitative estimate of drug-likeness (QED) is 0.456. The number of esters is 1. The number of benzene rings is 1. The van der Waals surface area contributed by atoms with Crippen molar-refractivity contribution in [2.45, 2.75) is 32.8 Å². The summed E-state index contributed by atoms with van der Waals surface area (Å²) in [7, 11) is 0. The van der Waals surface area contributed by atoms with Crippen molar-refractivity contribution in [2.24, 2.45) is 0 Å². The number of hydrogen-bond donors (Lipinski definition) is 2. The molecular weight excluding hydrogens is 206 g/mol. The fraction of sp³-hybridized carbons (Fsp3) is 0.417. The van der Waals surface area contributed by atoms with Crippen LogP contribution in [0.2, 0.25) is 0 Å². The van der Waals surface area contributed by atoms with Gasteiger partial charge in [0.25, 0.3) is 0 Å². The number of phenols is 1. The van der Waals surface area contributed by atoms with E-state index in [1.54, 1.807) is 39.0 Å². The molecule has 4 heteroatoms. The van der Waals surface area contributed by atoms with E-state index in [-0.39, 0.29) is 23.8 Å². The Morgan fingerprint density at radius 1 is 1.44 bits per heavy atom. The molecule has 0 aromatic heterocycles. The van der Waals surface area contributed by atoms with Gasteiger partial charge in [-0.25, -0.2) is 0 Å². The van der Waals surface area contributed by atoms with Gasteiger partial charge in [0.15, 0.2) is 0 Å². The lowest BCUT2D eigenvalue weighted by molar-refractivity contribution is -0.153. The van der Waals surface area contributed by atoms with Crippen molar-refractivity contribution in [1.29, 1.82) is 0 Å². The van der Waals surface area contributed by atoms with E-state index >= 15 is 0 Å². The molecule has 0 fully saturated rings. The van der Waals surface area contributed by atoms with Crippen molar-refractivity contribution in [3.63, 3.8) is 0 Å². The molecule has 1 aromatic rings. The first-order valence-corrected chi connectivity index (χ1v) is 5.08. The van der Waals surface area contributed by atoms with Gasteiger partial charge in [-0.05, 0) is 26.8 Å². The van der Waals surface area contributed by atoms with Crippen LogP contribution in [0.25, 0.3) is 0 Å². The van der Waals surface area contributed by atoms with Gasteiger partial charge in [0.2, 0.25) is 0 Å². The van der Waals surface area contributed by atoms with E-state index in [0.29, 0.717) is 5.56 Å². The minimum absolute atomic E-state index is 0.0220. The molecule has 0 radical (unpaired) electrons. The Hall–Kier alpha value is -1.71. The van der Waals surface area contributed by atoms with Crippen molar-refractivity contribution >= 4 is 11.7 Å². The summed E-state index contributed by atoms with van der Waals surface area (Å²) in [6.07, 6.45) is 0.0220. The summed E-state index contributed by atoms with van der Waals surface area (Å²) in [5.74, 6) is -0.429. The van der Waals surface area contributed by atoms with Crippen LogP contribution in [-0.2, 0) is 16.0 Å². The third-order valence-electron chi connectivity index (χ3n) is 1.91. The predicted molar refractivity (Wildman–Crippen MR) is 62.1 cm³/mol. The fourth-order valence-corrected chi connectivity index (χ4v) is 1.29. The second-order valence-corrected chi connectivity index (χ2v) is 4.62. The van der Waals surface area contributed by atoms with E-state index in [9.17, 15) is 9.90 Å². The van der Waals surface area contributed by atoms with E-state index in [1.165, 1.54) is 0 Å². The monoisotopic (exact) mass is 223 g/mol. The number of para-hydroxylation sites is 1. The summed E-state index contributed by atoms with van der Waals surface area (Å²) < 4.78 is 5.15. The smallest absolute Gasteiger partial charge is 0.310 e. The summed E-state index contributed by atoms with van der Waals surface area (Å²) in [4.78, 5) is 11.5. The first kappa shape index (κ1) is 12.4. The summed E-state index contributed by atoms with van der Waals surface area (Å²) in [6.45, 7) is 5.39. The molecule has 0 atom stereocenters. The zero-order valence-electron chi connectivity index (χ0n) is 9.78. The lowest BCUT2D eigenvalue weighted by atomic mass is 10.1. The molecule has 1 rings (SSSR count). The van der Waals surface area contributed by atoms with E-state index < -0.39 is 5.60 Å². The highest BCUT2D eigenvalue weighted by Crippen LogP contribution is 2.25. The topological polar surface area (TPSA) is 72.5 Å². The van der Waals surface area contributed by atoms with Crippen LogP contribution < -0.4 is 5.73 Å². The average molecular weight is 223 g/mol. The molecule has 0 saturated carbocycles. The van der Waals surface area contributed by atoms with Crippen LogP contribution in [0, 0.1) is 0 Å². The Bertz CT molecular complexity index is 394. The lowest BCUT2D eigenvalue weighted by Crippen LogP contribution is -2.24. The number of carbonyl (C=O) groups is 1. The largest absolute Gasteiger partial charge is 0.505 e. The molecule has 0 saturated heterocycles. The maximum Gasteiger partial charge on any atom is 0.310 e. The average Bonchev–Trinajstić information content (AvgIpc) is 2.09. The molecule has 0 spiro atoms. The zero-order valence-corrected chi connectivity index (χ0v) is 9.78. The van der Waals surface area contributed by atoms with Gasteiger partial charge >= 0.3 is 5.97 Å². The number of phenolic OH excluding ortho intramolecular Hbond substituents is 1. The van der Waals surface area contributed by atoms with Crippen molar-refractivity contribution in [1.82, 2.24) is 0 Å². The Morgan fingerprint density at radius 2 is 2.06 bits per heavy atom. The minimum Gasteiger partial charge on any atom is -0.505 e. The third-order valence-corrected chi connectivity index (χ3v) is 1.91. The number of nitrogen functional groups attached to an aromatic ring is 1. The highest BCUT2D eigenvalue weighted by atomic mass is 16.6. The predicted octanol–water partition coefficient (Wildman–Crippen LogP) is 1.86. The maximum atomic E-state index is 11.5. The van der Waals surface area contributed by atoms with Crippen LogP contribution in [0.3, 0.4) is 0 Å². The van der Waals surface area contributed by atoms with Gasteiger partial charge < -0.3 is 15.6 Å². The molecule has 0 unspecified atom stereocenters. The molecule has 0 aliphatic rings. The van der Waals surface area contributed by atoms with Gasteiger partial charge in [0.05, 0.1) is 12.1 Å². The van der Waals surface area contributed by atoms with Gasteiger partial charge in [-0.15, -0.1) is 0 Å². The van der Waals surface area contributed by atoms with Crippen LogP contribution in [0.5, 0.6) is 5.75 Å². The first-order chi connectivity index (χ1) is 7.29. The van der Waals surface area contributed by atoms with Gasteiger partial charge in [-0.3, -0.25) is 4.79 Å². The summed E-state index contributed by atoms with van der Waals surface area (Å²) >= 11 is 0. The van der Waals surface area contributed by atoms with Crippen LogP contribution in [-0.4, -0.2) is 16.7 Å². The van der Waals surface area contributed by atoms with Crippen LogP contribution in [0.15, 0.2) is 18.2 Å². The second-order valence-electron chi connectivity index (χ2n) is 4.62. The lowest BCUT2D eigenvalue weighted by Gasteiger charge is -2.19. The maximum absolute atomic E-state index is 11.5. The molecule has 0 aliphatic heterocycles. The SMILES string of the molecule is CC(C)(C)OC(=O)Cc1cccc(N)c1O. The number of rotatable bonds is 2. The summed E-state index contributed by atoms with van der Waals surface area (Å²) in [6, 6.07) is 4.91. The van der Waals surface area contributed by atoms with Crippen molar-refractivity contribution in [2.75, 3.05) is 5.73 Å². The number of anilines is 1. The van der Waals surface area contributed by atoms with E-state index in [4.69, 9.17) is 10.5 Å². The Labute approximate surface area is 95.0 Å². The summed E-state index contributed by atoms with van der Waals surface area (Å²) in [5, 5.41) is 9.61. The van der Waals surface area contributed by atoms with Crippen LogP contribution in [0.1, 0.15) is 26.3 Å². The first-order valence-electron chi connectivity index (χ1n) is 5.08. The minimum atomic E-state index is -0.521.